The highest BCUT2D eigenvalue weighted by Gasteiger charge is 2.15. The van der Waals surface area contributed by atoms with Crippen LogP contribution in [0.3, 0.4) is 0 Å². The number of alkyl halides is 2. The molecule has 7 nitrogen and oxygen atoms in total. The van der Waals surface area contributed by atoms with Crippen molar-refractivity contribution in [2.24, 2.45) is 0 Å². The number of likely N-dealkylation sites (N-methyl/N-ethyl adjacent to an activating group) is 1. The van der Waals surface area contributed by atoms with Crippen LogP contribution in [0.1, 0.15) is 15.9 Å². The molecule has 9 heteroatoms. The van der Waals surface area contributed by atoms with Crippen molar-refractivity contribution in [2.75, 3.05) is 13.7 Å². The van der Waals surface area contributed by atoms with Crippen molar-refractivity contribution in [1.29, 1.82) is 0 Å². The van der Waals surface area contributed by atoms with Crippen LogP contribution in [0.2, 0.25) is 0 Å². The average Bonchev–Trinajstić information content (AvgIpc) is 3.14. The van der Waals surface area contributed by atoms with Gasteiger partial charge in [-0.2, -0.15) is 13.9 Å². The van der Waals surface area contributed by atoms with E-state index in [4.69, 9.17) is 4.74 Å². The van der Waals surface area contributed by atoms with Gasteiger partial charge in [0.25, 0.3) is 5.91 Å². The highest BCUT2D eigenvalue weighted by Crippen LogP contribution is 2.16. The predicted octanol–water partition coefficient (Wildman–Crippen LogP) is 2.98. The van der Waals surface area contributed by atoms with Crippen LogP contribution in [-0.2, 0) is 16.1 Å². The van der Waals surface area contributed by atoms with Gasteiger partial charge in [0.05, 0.1) is 17.3 Å². The van der Waals surface area contributed by atoms with Crippen LogP contribution in [-0.4, -0.2) is 47.2 Å². The summed E-state index contributed by atoms with van der Waals surface area (Å²) in [5, 5.41) is 7.49. The van der Waals surface area contributed by atoms with Gasteiger partial charge in [0.1, 0.15) is 5.75 Å². The number of carbonyl (C=O) groups is 2. The molecule has 0 saturated heterocycles. The Bertz CT molecular complexity index is 973. The molecule has 0 fully saturated rings. The Morgan fingerprint density at radius 3 is 2.64 bits per heavy atom. The number of nitrogens with zero attached hydrogens (tertiary/aromatic N) is 2. The summed E-state index contributed by atoms with van der Waals surface area (Å²) in [6.45, 7) is -3.08. The molecule has 1 amide bonds. The number of carbonyl (C=O) groups excluding carboxylic acids is 2. The fourth-order valence-corrected chi connectivity index (χ4v) is 2.52. The van der Waals surface area contributed by atoms with E-state index in [1.165, 1.54) is 17.0 Å². The first-order valence-corrected chi connectivity index (χ1v) is 8.30. The minimum atomic E-state index is -2.89. The summed E-state index contributed by atoms with van der Waals surface area (Å²) in [6.07, 6.45) is 1.63. The van der Waals surface area contributed by atoms with Crippen LogP contribution in [0.25, 0.3) is 10.9 Å². The van der Waals surface area contributed by atoms with E-state index < -0.39 is 25.1 Å². The largest absolute Gasteiger partial charge is 0.452 e. The van der Waals surface area contributed by atoms with Gasteiger partial charge in [-0.25, -0.2) is 4.79 Å². The van der Waals surface area contributed by atoms with Crippen LogP contribution >= 0.6 is 0 Å². The predicted molar refractivity (Wildman–Crippen MR) is 95.9 cm³/mol. The Balaban J connectivity index is 1.51. The number of hydrogen-bond acceptors (Lipinski definition) is 5. The maximum Gasteiger partial charge on any atom is 0.387 e. The minimum Gasteiger partial charge on any atom is -0.452 e. The molecule has 3 rings (SSSR count). The lowest BCUT2D eigenvalue weighted by Crippen LogP contribution is -2.30. The molecule has 0 spiro atoms. The number of aromatic nitrogens is 2. The molecule has 146 valence electrons. The molecule has 1 N–H and O–H groups in total. The Kier molecular flexibility index (Phi) is 5.83. The number of hydrogen-bond donors (Lipinski definition) is 1. The van der Waals surface area contributed by atoms with Crippen molar-refractivity contribution in [3.05, 3.63) is 59.8 Å². The summed E-state index contributed by atoms with van der Waals surface area (Å²) in [7, 11) is 1.55. The summed E-state index contributed by atoms with van der Waals surface area (Å²) in [5.74, 6) is -0.980. The van der Waals surface area contributed by atoms with Crippen molar-refractivity contribution < 1.29 is 27.8 Å². The molecule has 0 bridgehead atoms. The number of nitrogens with one attached hydrogen (secondary N) is 1. The van der Waals surface area contributed by atoms with E-state index in [2.05, 4.69) is 14.9 Å². The first-order chi connectivity index (χ1) is 13.4. The molecule has 3 aromatic rings. The number of fused-ring (bicyclic) bond motifs is 1. The van der Waals surface area contributed by atoms with E-state index in [1.807, 2.05) is 0 Å². The molecule has 0 saturated carbocycles. The Hall–Kier alpha value is -3.49. The topological polar surface area (TPSA) is 84.5 Å². The number of halogens is 2. The van der Waals surface area contributed by atoms with Gasteiger partial charge in [-0.05, 0) is 29.8 Å². The second kappa shape index (κ2) is 8.47. The van der Waals surface area contributed by atoms with Crippen LogP contribution in [0.5, 0.6) is 5.75 Å². The van der Waals surface area contributed by atoms with E-state index in [0.717, 1.165) is 5.39 Å². The number of benzene rings is 2. The first-order valence-electron chi connectivity index (χ1n) is 8.30. The molecule has 0 radical (unpaired) electrons. The summed E-state index contributed by atoms with van der Waals surface area (Å²) >= 11 is 0. The first kappa shape index (κ1) is 19.3. The highest BCUT2D eigenvalue weighted by molar-refractivity contribution is 5.95. The quantitative estimate of drug-likeness (QED) is 0.628. The molecular formula is C19H17F2N3O4. The van der Waals surface area contributed by atoms with Crippen molar-refractivity contribution in [2.45, 2.75) is 13.2 Å². The Morgan fingerprint density at radius 1 is 1.18 bits per heavy atom. The molecular weight excluding hydrogens is 372 g/mol. The third-order valence-electron chi connectivity index (χ3n) is 4.00. The standard InChI is InChI=1S/C19H17F2N3O4/c1-24(10-12-2-6-15(7-3-12)28-19(20)21)17(25)11-27-18(26)13-4-5-14-9-22-23-16(14)8-13/h2-9,19H,10-11H2,1H3,(H,22,23). The number of aromatic amines is 1. The van der Waals surface area contributed by atoms with Gasteiger partial charge in [-0.3, -0.25) is 9.89 Å². The fourth-order valence-electron chi connectivity index (χ4n) is 2.52. The molecule has 1 heterocycles. The van der Waals surface area contributed by atoms with Gasteiger partial charge in [0, 0.05) is 19.0 Å². The van der Waals surface area contributed by atoms with Gasteiger partial charge in [-0.1, -0.05) is 18.2 Å². The monoisotopic (exact) mass is 389 g/mol. The van der Waals surface area contributed by atoms with Crippen LogP contribution < -0.4 is 4.74 Å². The van der Waals surface area contributed by atoms with E-state index in [-0.39, 0.29) is 12.3 Å². The number of esters is 1. The summed E-state index contributed by atoms with van der Waals surface area (Å²) in [4.78, 5) is 25.7. The second-order valence-electron chi connectivity index (χ2n) is 6.02. The average molecular weight is 389 g/mol. The van der Waals surface area contributed by atoms with Crippen molar-refractivity contribution in [3.8, 4) is 5.75 Å². The van der Waals surface area contributed by atoms with Gasteiger partial charge >= 0.3 is 12.6 Å². The molecule has 0 aliphatic carbocycles. The third kappa shape index (κ3) is 4.81. The molecule has 0 unspecified atom stereocenters. The minimum absolute atomic E-state index is 0.0379. The Labute approximate surface area is 158 Å². The van der Waals surface area contributed by atoms with E-state index >= 15 is 0 Å². The van der Waals surface area contributed by atoms with Crippen LogP contribution in [0.4, 0.5) is 8.78 Å². The smallest absolute Gasteiger partial charge is 0.387 e. The van der Waals surface area contributed by atoms with E-state index in [0.29, 0.717) is 16.6 Å². The molecule has 0 aliphatic heterocycles. The van der Waals surface area contributed by atoms with Gasteiger partial charge < -0.3 is 14.4 Å². The SMILES string of the molecule is CN(Cc1ccc(OC(F)F)cc1)C(=O)COC(=O)c1ccc2cn[nH]c2c1. The summed E-state index contributed by atoms with van der Waals surface area (Å²) < 4.78 is 33.6. The van der Waals surface area contributed by atoms with Crippen LogP contribution in [0.15, 0.2) is 48.7 Å². The lowest BCUT2D eigenvalue weighted by molar-refractivity contribution is -0.133. The Morgan fingerprint density at radius 2 is 1.93 bits per heavy atom. The lowest BCUT2D eigenvalue weighted by Gasteiger charge is -2.17. The van der Waals surface area contributed by atoms with Crippen LogP contribution in [0, 0.1) is 0 Å². The molecule has 2 aromatic carbocycles. The van der Waals surface area contributed by atoms with E-state index in [9.17, 15) is 18.4 Å². The van der Waals surface area contributed by atoms with E-state index in [1.54, 1.807) is 43.6 Å². The normalized spacial score (nSPS) is 10.9. The zero-order valence-electron chi connectivity index (χ0n) is 14.9. The van der Waals surface area contributed by atoms with Gasteiger partial charge in [0.15, 0.2) is 6.61 Å². The number of H-pyrrole nitrogens is 1. The second-order valence-corrected chi connectivity index (χ2v) is 6.02. The number of amides is 1. The molecule has 1 aromatic heterocycles. The maximum absolute atomic E-state index is 12.2. The lowest BCUT2D eigenvalue weighted by atomic mass is 10.2. The van der Waals surface area contributed by atoms with Crippen molar-refractivity contribution in [3.63, 3.8) is 0 Å². The summed E-state index contributed by atoms with van der Waals surface area (Å²) in [5.41, 5.74) is 1.72. The molecule has 0 atom stereocenters. The highest BCUT2D eigenvalue weighted by atomic mass is 19.3. The number of ether oxygens (including phenoxy) is 2. The van der Waals surface area contributed by atoms with Gasteiger partial charge in [-0.15, -0.1) is 0 Å². The summed E-state index contributed by atoms with van der Waals surface area (Å²) in [6, 6.07) is 10.9. The maximum atomic E-state index is 12.2. The zero-order chi connectivity index (χ0) is 20.1. The molecule has 28 heavy (non-hydrogen) atoms. The number of rotatable bonds is 7. The van der Waals surface area contributed by atoms with Crippen molar-refractivity contribution in [1.82, 2.24) is 15.1 Å². The molecule has 0 aliphatic rings. The third-order valence-corrected chi connectivity index (χ3v) is 4.00. The van der Waals surface area contributed by atoms with Gasteiger partial charge in [0.2, 0.25) is 0 Å². The fraction of sp³-hybridized carbons (Fsp3) is 0.211. The zero-order valence-corrected chi connectivity index (χ0v) is 14.9. The van der Waals surface area contributed by atoms with Crippen molar-refractivity contribution >= 4 is 22.8 Å².